The second-order valence-corrected chi connectivity index (χ2v) is 8.36. The minimum atomic E-state index is -0.0400. The van der Waals surface area contributed by atoms with Crippen LogP contribution in [0.15, 0.2) is 40.8 Å². The molecular formula is C21H25N3O2S. The molecule has 1 aliphatic heterocycles. The van der Waals surface area contributed by atoms with Crippen LogP contribution in [0.25, 0.3) is 21.6 Å². The predicted octanol–water partition coefficient (Wildman–Crippen LogP) is 3.45. The van der Waals surface area contributed by atoms with Crippen molar-refractivity contribution in [3.63, 3.8) is 0 Å². The fourth-order valence-electron chi connectivity index (χ4n) is 3.50. The molecule has 1 N–H and O–H groups in total. The lowest BCUT2D eigenvalue weighted by Crippen LogP contribution is -2.46. The molecule has 0 bridgehead atoms. The molecule has 6 heteroatoms. The lowest BCUT2D eigenvalue weighted by Gasteiger charge is -2.32. The van der Waals surface area contributed by atoms with Crippen LogP contribution < -0.4 is 5.32 Å². The van der Waals surface area contributed by atoms with Crippen molar-refractivity contribution in [3.05, 3.63) is 46.8 Å². The fourth-order valence-corrected chi connectivity index (χ4v) is 4.52. The van der Waals surface area contributed by atoms with Crippen LogP contribution in [0.5, 0.6) is 0 Å². The molecule has 3 heterocycles. The Morgan fingerprint density at radius 3 is 2.67 bits per heavy atom. The smallest absolute Gasteiger partial charge is 0.256 e. The number of benzene rings is 1. The summed E-state index contributed by atoms with van der Waals surface area (Å²) in [6.07, 6.45) is 0. The molecular weight excluding hydrogens is 358 g/mol. The van der Waals surface area contributed by atoms with Gasteiger partial charge in [0.25, 0.3) is 5.91 Å². The van der Waals surface area contributed by atoms with Crippen LogP contribution in [-0.2, 0) is 0 Å². The summed E-state index contributed by atoms with van der Waals surface area (Å²) in [5, 5.41) is 3.08. The number of carbonyl (C=O) groups is 1. The summed E-state index contributed by atoms with van der Waals surface area (Å²) in [7, 11) is 2.15. The zero-order valence-corrected chi connectivity index (χ0v) is 16.6. The Balaban J connectivity index is 1.45. The monoisotopic (exact) mass is 383 g/mol. The number of nitrogens with zero attached hydrogens (tertiary/aromatic N) is 2. The number of hydrogen-bond donors (Lipinski definition) is 1. The lowest BCUT2D eigenvalue weighted by molar-refractivity contribution is 0.0941. The summed E-state index contributed by atoms with van der Waals surface area (Å²) in [6.45, 7) is 7.84. The molecule has 3 aromatic rings. The summed E-state index contributed by atoms with van der Waals surface area (Å²) in [5.74, 6) is 0.769. The number of rotatable bonds is 5. The van der Waals surface area contributed by atoms with E-state index in [4.69, 9.17) is 4.42 Å². The van der Waals surface area contributed by atoms with Gasteiger partial charge in [0.1, 0.15) is 5.76 Å². The molecule has 1 aromatic carbocycles. The third-order valence-corrected chi connectivity index (χ3v) is 6.17. The van der Waals surface area contributed by atoms with Crippen molar-refractivity contribution in [2.45, 2.75) is 6.92 Å². The van der Waals surface area contributed by atoms with E-state index in [1.165, 1.54) is 0 Å². The van der Waals surface area contributed by atoms with Crippen LogP contribution in [0.1, 0.15) is 15.2 Å². The van der Waals surface area contributed by atoms with E-state index in [1.54, 1.807) is 11.3 Å². The van der Waals surface area contributed by atoms with Gasteiger partial charge >= 0.3 is 0 Å². The average molecular weight is 384 g/mol. The quantitative estimate of drug-likeness (QED) is 0.733. The molecule has 0 atom stereocenters. The largest absolute Gasteiger partial charge is 0.454 e. The summed E-state index contributed by atoms with van der Waals surface area (Å²) in [4.78, 5) is 18.5. The average Bonchev–Trinajstić information content (AvgIpc) is 3.20. The number of thiophene rings is 1. The molecule has 0 spiro atoms. The number of carbonyl (C=O) groups excluding carboxylic acids is 1. The first-order chi connectivity index (χ1) is 13.1. The Labute approximate surface area is 163 Å². The maximum Gasteiger partial charge on any atom is 0.256 e. The summed E-state index contributed by atoms with van der Waals surface area (Å²) < 4.78 is 7.09. The molecule has 0 unspecified atom stereocenters. The van der Waals surface area contributed by atoms with Gasteiger partial charge in [0.15, 0.2) is 5.58 Å². The van der Waals surface area contributed by atoms with E-state index >= 15 is 0 Å². The SMILES string of the molecule is Cc1sc2cc(-c3ccccc3)oc2c1C(=O)NCCN1CCN(C)CC1. The van der Waals surface area contributed by atoms with Crippen molar-refractivity contribution >= 4 is 27.5 Å². The van der Waals surface area contributed by atoms with E-state index in [-0.39, 0.29) is 5.91 Å². The van der Waals surface area contributed by atoms with Gasteiger partial charge in [-0.05, 0) is 14.0 Å². The van der Waals surface area contributed by atoms with Crippen molar-refractivity contribution in [2.24, 2.45) is 0 Å². The van der Waals surface area contributed by atoms with Gasteiger partial charge < -0.3 is 14.6 Å². The highest BCUT2D eigenvalue weighted by molar-refractivity contribution is 7.19. The first kappa shape index (κ1) is 18.2. The molecule has 5 nitrogen and oxygen atoms in total. The summed E-state index contributed by atoms with van der Waals surface area (Å²) >= 11 is 1.61. The van der Waals surface area contributed by atoms with Crippen LogP contribution in [0.3, 0.4) is 0 Å². The Kier molecular flexibility index (Phi) is 5.29. The molecule has 0 saturated carbocycles. The van der Waals surface area contributed by atoms with Crippen molar-refractivity contribution in [3.8, 4) is 11.3 Å². The summed E-state index contributed by atoms with van der Waals surface area (Å²) in [5.41, 5.74) is 2.41. The number of fused-ring (bicyclic) bond motifs is 1. The molecule has 1 aliphatic rings. The molecule has 0 radical (unpaired) electrons. The van der Waals surface area contributed by atoms with Crippen molar-refractivity contribution in [2.75, 3.05) is 46.3 Å². The molecule has 1 saturated heterocycles. The minimum absolute atomic E-state index is 0.0400. The molecule has 1 fully saturated rings. The van der Waals surface area contributed by atoms with E-state index in [9.17, 15) is 4.79 Å². The van der Waals surface area contributed by atoms with Gasteiger partial charge in [0.05, 0.1) is 10.3 Å². The predicted molar refractivity (Wildman–Crippen MR) is 111 cm³/mol. The van der Waals surface area contributed by atoms with Crippen LogP contribution in [0.2, 0.25) is 0 Å². The van der Waals surface area contributed by atoms with Crippen molar-refractivity contribution in [1.82, 2.24) is 15.1 Å². The number of piperazine rings is 1. The van der Waals surface area contributed by atoms with Gasteiger partial charge in [-0.3, -0.25) is 9.69 Å². The van der Waals surface area contributed by atoms with Gasteiger partial charge in [0, 0.05) is 55.8 Å². The minimum Gasteiger partial charge on any atom is -0.454 e. The van der Waals surface area contributed by atoms with E-state index in [2.05, 4.69) is 22.2 Å². The second-order valence-electron chi connectivity index (χ2n) is 7.10. The highest BCUT2D eigenvalue weighted by Crippen LogP contribution is 2.36. The van der Waals surface area contributed by atoms with E-state index in [0.717, 1.165) is 53.6 Å². The highest BCUT2D eigenvalue weighted by Gasteiger charge is 2.21. The molecule has 2 aromatic heterocycles. The third-order valence-electron chi connectivity index (χ3n) is 5.14. The molecule has 27 heavy (non-hydrogen) atoms. The first-order valence-corrected chi connectivity index (χ1v) is 10.2. The lowest BCUT2D eigenvalue weighted by atomic mass is 10.2. The van der Waals surface area contributed by atoms with Crippen LogP contribution >= 0.6 is 11.3 Å². The van der Waals surface area contributed by atoms with E-state index in [1.807, 2.05) is 43.3 Å². The Morgan fingerprint density at radius 2 is 1.93 bits per heavy atom. The summed E-state index contributed by atoms with van der Waals surface area (Å²) in [6, 6.07) is 12.0. The number of furan rings is 1. The maximum atomic E-state index is 12.8. The third kappa shape index (κ3) is 3.93. The first-order valence-electron chi connectivity index (χ1n) is 9.39. The number of hydrogen-bond acceptors (Lipinski definition) is 5. The maximum absolute atomic E-state index is 12.8. The van der Waals surface area contributed by atoms with Crippen LogP contribution in [0.4, 0.5) is 0 Å². The molecule has 4 rings (SSSR count). The molecule has 1 amide bonds. The van der Waals surface area contributed by atoms with Gasteiger partial charge in [-0.2, -0.15) is 0 Å². The standard InChI is InChI=1S/C21H25N3O2S/c1-15-19(21(25)22-8-9-24-12-10-23(2)11-13-24)20-18(27-15)14-17(26-20)16-6-4-3-5-7-16/h3-7,14H,8-13H2,1-2H3,(H,22,25). The van der Waals surface area contributed by atoms with Gasteiger partial charge in [0.2, 0.25) is 0 Å². The topological polar surface area (TPSA) is 48.7 Å². The van der Waals surface area contributed by atoms with Crippen molar-refractivity contribution < 1.29 is 9.21 Å². The number of nitrogens with one attached hydrogen (secondary N) is 1. The number of amides is 1. The highest BCUT2D eigenvalue weighted by atomic mass is 32.1. The van der Waals surface area contributed by atoms with Gasteiger partial charge in [-0.25, -0.2) is 0 Å². The van der Waals surface area contributed by atoms with Crippen LogP contribution in [-0.4, -0.2) is 62.0 Å². The Morgan fingerprint density at radius 1 is 1.19 bits per heavy atom. The normalized spacial score (nSPS) is 16.1. The fraction of sp³-hybridized carbons (Fsp3) is 0.381. The van der Waals surface area contributed by atoms with Crippen molar-refractivity contribution in [1.29, 1.82) is 0 Å². The Bertz CT molecular complexity index is 924. The van der Waals surface area contributed by atoms with Gasteiger partial charge in [-0.15, -0.1) is 11.3 Å². The van der Waals surface area contributed by atoms with Gasteiger partial charge in [-0.1, -0.05) is 30.3 Å². The zero-order chi connectivity index (χ0) is 18.8. The number of likely N-dealkylation sites (N-methyl/N-ethyl adjacent to an activating group) is 1. The molecule has 142 valence electrons. The van der Waals surface area contributed by atoms with Crippen LogP contribution in [0, 0.1) is 6.92 Å². The van der Waals surface area contributed by atoms with E-state index < -0.39 is 0 Å². The second kappa shape index (κ2) is 7.84. The van der Waals surface area contributed by atoms with E-state index in [0.29, 0.717) is 17.7 Å². The number of aryl methyl sites for hydroxylation is 1. The Hall–Kier alpha value is -2.15. The zero-order valence-electron chi connectivity index (χ0n) is 15.8. The molecule has 0 aliphatic carbocycles.